The molecule has 0 saturated carbocycles. The summed E-state index contributed by atoms with van der Waals surface area (Å²) in [5.41, 5.74) is 1.79. The van der Waals surface area contributed by atoms with E-state index in [9.17, 15) is 18.0 Å². The number of nitrogens with one attached hydrogen (secondary N) is 2. The van der Waals surface area contributed by atoms with E-state index in [1.165, 1.54) is 12.1 Å². The molecule has 3 aromatic carbocycles. The highest BCUT2D eigenvalue weighted by atomic mass is 19.4. The van der Waals surface area contributed by atoms with E-state index in [0.717, 1.165) is 6.07 Å². The monoisotopic (exact) mass is 466 g/mol. The van der Waals surface area contributed by atoms with Crippen molar-refractivity contribution >= 4 is 5.91 Å². The van der Waals surface area contributed by atoms with Gasteiger partial charge in [-0.15, -0.1) is 0 Å². The number of ether oxygens (including phenoxy) is 1. The molecule has 34 heavy (non-hydrogen) atoms. The average Bonchev–Trinajstić information content (AvgIpc) is 3.34. The Morgan fingerprint density at radius 2 is 1.62 bits per heavy atom. The molecule has 174 valence electrons. The number of hydrogen-bond donors (Lipinski definition) is 2. The molecule has 4 rings (SSSR count). The fourth-order valence-electron chi connectivity index (χ4n) is 3.56. The SMILES string of the molecule is CCOCNC(=O)c1nc(-c2cccc(-c3ccccc3-c3ccccc3C(F)(F)F)c2)n[nH]1. The first-order valence-corrected chi connectivity index (χ1v) is 10.5. The summed E-state index contributed by atoms with van der Waals surface area (Å²) in [6.07, 6.45) is -4.48. The minimum Gasteiger partial charge on any atom is -0.362 e. The molecule has 0 fully saturated rings. The quantitative estimate of drug-likeness (QED) is 0.277. The van der Waals surface area contributed by atoms with E-state index in [-0.39, 0.29) is 23.9 Å². The van der Waals surface area contributed by atoms with Crippen molar-refractivity contribution in [3.05, 3.63) is 84.2 Å². The zero-order valence-electron chi connectivity index (χ0n) is 18.2. The van der Waals surface area contributed by atoms with Crippen molar-refractivity contribution in [2.75, 3.05) is 13.3 Å². The van der Waals surface area contributed by atoms with Gasteiger partial charge in [0.2, 0.25) is 5.82 Å². The highest BCUT2D eigenvalue weighted by Crippen LogP contribution is 2.41. The lowest BCUT2D eigenvalue weighted by atomic mass is 9.91. The van der Waals surface area contributed by atoms with Crippen LogP contribution in [0.5, 0.6) is 0 Å². The molecule has 0 unspecified atom stereocenters. The largest absolute Gasteiger partial charge is 0.417 e. The van der Waals surface area contributed by atoms with Gasteiger partial charge in [-0.2, -0.15) is 18.3 Å². The van der Waals surface area contributed by atoms with Gasteiger partial charge in [-0.3, -0.25) is 9.89 Å². The first-order valence-electron chi connectivity index (χ1n) is 10.5. The van der Waals surface area contributed by atoms with Crippen LogP contribution in [0.2, 0.25) is 0 Å². The second-order valence-corrected chi connectivity index (χ2v) is 7.32. The molecule has 0 atom stereocenters. The number of nitrogens with zero attached hydrogens (tertiary/aromatic N) is 2. The molecule has 0 saturated heterocycles. The normalized spacial score (nSPS) is 11.4. The van der Waals surface area contributed by atoms with Gasteiger partial charge in [-0.1, -0.05) is 60.7 Å². The number of amides is 1. The Hall–Kier alpha value is -3.98. The summed E-state index contributed by atoms with van der Waals surface area (Å²) in [6, 6.07) is 19.5. The zero-order valence-corrected chi connectivity index (χ0v) is 18.2. The standard InChI is InChI=1S/C25H21F3N4O2/c1-2-34-15-29-24(33)23-30-22(31-32-23)17-9-7-8-16(14-17)18-10-3-4-11-19(18)20-12-5-6-13-21(20)25(26,27)28/h3-14H,2,15H2,1H3,(H,29,33)(H,30,31,32). The third-order valence-electron chi connectivity index (χ3n) is 5.12. The van der Waals surface area contributed by atoms with Crippen LogP contribution in [0.15, 0.2) is 72.8 Å². The van der Waals surface area contributed by atoms with Gasteiger partial charge in [0.15, 0.2) is 5.82 Å². The van der Waals surface area contributed by atoms with Crippen LogP contribution in [0.4, 0.5) is 13.2 Å². The number of halogens is 3. The van der Waals surface area contributed by atoms with Crippen molar-refractivity contribution in [1.82, 2.24) is 20.5 Å². The molecule has 0 aliphatic heterocycles. The Labute approximate surface area is 193 Å². The second kappa shape index (κ2) is 9.88. The Morgan fingerprint density at radius 3 is 2.35 bits per heavy atom. The maximum absolute atomic E-state index is 13.7. The molecular weight excluding hydrogens is 445 g/mol. The van der Waals surface area contributed by atoms with Crippen LogP contribution in [0.25, 0.3) is 33.6 Å². The van der Waals surface area contributed by atoms with E-state index in [0.29, 0.717) is 28.9 Å². The van der Waals surface area contributed by atoms with E-state index >= 15 is 0 Å². The average molecular weight is 466 g/mol. The number of alkyl halides is 3. The molecule has 2 N–H and O–H groups in total. The van der Waals surface area contributed by atoms with E-state index in [4.69, 9.17) is 4.74 Å². The lowest BCUT2D eigenvalue weighted by Crippen LogP contribution is -2.27. The number of benzene rings is 3. The lowest BCUT2D eigenvalue weighted by molar-refractivity contribution is -0.137. The molecule has 0 spiro atoms. The molecule has 1 amide bonds. The van der Waals surface area contributed by atoms with Crippen molar-refractivity contribution in [2.45, 2.75) is 13.1 Å². The lowest BCUT2D eigenvalue weighted by Gasteiger charge is -2.16. The molecule has 1 aromatic heterocycles. The van der Waals surface area contributed by atoms with Crippen LogP contribution < -0.4 is 5.32 Å². The van der Waals surface area contributed by atoms with Crippen LogP contribution in [0.3, 0.4) is 0 Å². The Morgan fingerprint density at radius 1 is 0.941 bits per heavy atom. The number of carbonyl (C=O) groups is 1. The first-order chi connectivity index (χ1) is 16.4. The summed E-state index contributed by atoms with van der Waals surface area (Å²) in [5.74, 6) is -0.145. The van der Waals surface area contributed by atoms with Gasteiger partial charge in [0.25, 0.3) is 5.91 Å². The second-order valence-electron chi connectivity index (χ2n) is 7.32. The van der Waals surface area contributed by atoms with Crippen molar-refractivity contribution in [2.24, 2.45) is 0 Å². The molecule has 0 bridgehead atoms. The van der Waals surface area contributed by atoms with Crippen LogP contribution in [-0.4, -0.2) is 34.4 Å². The van der Waals surface area contributed by atoms with Crippen molar-refractivity contribution in [3.8, 4) is 33.6 Å². The highest BCUT2D eigenvalue weighted by Gasteiger charge is 2.33. The van der Waals surface area contributed by atoms with Crippen molar-refractivity contribution in [1.29, 1.82) is 0 Å². The predicted octanol–water partition coefficient (Wildman–Crippen LogP) is 5.55. The van der Waals surface area contributed by atoms with Gasteiger partial charge in [0, 0.05) is 12.2 Å². The fraction of sp³-hybridized carbons (Fsp3) is 0.160. The number of H-pyrrole nitrogens is 1. The van der Waals surface area contributed by atoms with E-state index in [1.54, 1.807) is 54.6 Å². The molecule has 0 aliphatic carbocycles. The Bertz CT molecular complexity index is 1300. The summed E-state index contributed by atoms with van der Waals surface area (Å²) in [7, 11) is 0. The van der Waals surface area contributed by atoms with Crippen LogP contribution >= 0.6 is 0 Å². The van der Waals surface area contributed by atoms with Crippen LogP contribution in [-0.2, 0) is 10.9 Å². The van der Waals surface area contributed by atoms with E-state index < -0.39 is 17.6 Å². The van der Waals surface area contributed by atoms with Crippen molar-refractivity contribution in [3.63, 3.8) is 0 Å². The number of aromatic amines is 1. The van der Waals surface area contributed by atoms with E-state index in [1.807, 2.05) is 6.92 Å². The molecular formula is C25H21F3N4O2. The van der Waals surface area contributed by atoms with E-state index in [2.05, 4.69) is 20.5 Å². The summed E-state index contributed by atoms with van der Waals surface area (Å²) in [6.45, 7) is 2.33. The Balaban J connectivity index is 1.70. The minimum absolute atomic E-state index is 0.0274. The van der Waals surface area contributed by atoms with Crippen molar-refractivity contribution < 1.29 is 22.7 Å². The van der Waals surface area contributed by atoms with Gasteiger partial charge in [-0.25, -0.2) is 4.98 Å². The molecule has 0 aliphatic rings. The number of carbonyl (C=O) groups excluding carboxylic acids is 1. The van der Waals surface area contributed by atoms with Gasteiger partial charge >= 0.3 is 6.18 Å². The summed E-state index contributed by atoms with van der Waals surface area (Å²) in [5, 5.41) is 9.27. The molecule has 9 heteroatoms. The smallest absolute Gasteiger partial charge is 0.362 e. The molecule has 6 nitrogen and oxygen atoms in total. The van der Waals surface area contributed by atoms with Gasteiger partial charge in [-0.05, 0) is 41.3 Å². The molecule has 0 radical (unpaired) electrons. The summed E-state index contributed by atoms with van der Waals surface area (Å²) in [4.78, 5) is 16.4. The summed E-state index contributed by atoms with van der Waals surface area (Å²) < 4.78 is 46.1. The highest BCUT2D eigenvalue weighted by molar-refractivity contribution is 5.91. The number of aromatic nitrogens is 3. The predicted molar refractivity (Wildman–Crippen MR) is 122 cm³/mol. The first kappa shape index (κ1) is 23.2. The molecule has 4 aromatic rings. The topological polar surface area (TPSA) is 79.9 Å². The fourth-order valence-corrected chi connectivity index (χ4v) is 3.56. The zero-order chi connectivity index (χ0) is 24.1. The third kappa shape index (κ3) is 4.99. The molecule has 1 heterocycles. The summed E-state index contributed by atoms with van der Waals surface area (Å²) >= 11 is 0. The van der Waals surface area contributed by atoms with Gasteiger partial charge < -0.3 is 10.1 Å². The minimum atomic E-state index is -4.48. The maximum Gasteiger partial charge on any atom is 0.417 e. The van der Waals surface area contributed by atoms with Gasteiger partial charge in [0.1, 0.15) is 6.73 Å². The van der Waals surface area contributed by atoms with Crippen LogP contribution in [0.1, 0.15) is 23.1 Å². The number of hydrogen-bond acceptors (Lipinski definition) is 4. The maximum atomic E-state index is 13.7. The third-order valence-corrected chi connectivity index (χ3v) is 5.12. The van der Waals surface area contributed by atoms with Crippen LogP contribution in [0, 0.1) is 0 Å². The van der Waals surface area contributed by atoms with Gasteiger partial charge in [0.05, 0.1) is 5.56 Å². The number of rotatable bonds is 7. The Kier molecular flexibility index (Phi) is 6.74.